The standard InChI is InChI=1S/C22H21N9O/c32-22(27-19-11-21(25-14-24-19)31-15-23-13-26-31)17-7-4-10-30(12-17)20-9-8-18(28-29-20)16-5-2-1-3-6-16/h1-3,5-6,8-9,11,13-15,17H,4,7,10,12H2,(H,24,25,27,32)/t17-/m0/s1. The fourth-order valence-corrected chi connectivity index (χ4v) is 3.75. The number of amides is 1. The van der Waals surface area contributed by atoms with Gasteiger partial charge in [-0.15, -0.1) is 10.2 Å². The number of carbonyl (C=O) groups is 1. The van der Waals surface area contributed by atoms with Crippen molar-refractivity contribution in [2.75, 3.05) is 23.3 Å². The maximum atomic E-state index is 12.9. The van der Waals surface area contributed by atoms with Gasteiger partial charge in [0.15, 0.2) is 11.6 Å². The molecule has 1 aliphatic heterocycles. The molecule has 1 aliphatic rings. The molecule has 4 heterocycles. The monoisotopic (exact) mass is 427 g/mol. The van der Waals surface area contributed by atoms with Gasteiger partial charge in [0, 0.05) is 24.7 Å². The lowest BCUT2D eigenvalue weighted by atomic mass is 9.97. The zero-order chi connectivity index (χ0) is 21.8. The minimum absolute atomic E-state index is 0.0770. The van der Waals surface area contributed by atoms with Gasteiger partial charge in [0.2, 0.25) is 5.91 Å². The van der Waals surface area contributed by atoms with E-state index in [1.807, 2.05) is 42.5 Å². The van der Waals surface area contributed by atoms with Crippen LogP contribution in [-0.2, 0) is 4.79 Å². The van der Waals surface area contributed by atoms with Crippen LogP contribution in [0.25, 0.3) is 17.1 Å². The van der Waals surface area contributed by atoms with Crippen LogP contribution in [0, 0.1) is 5.92 Å². The lowest BCUT2D eigenvalue weighted by Crippen LogP contribution is -2.41. The normalized spacial score (nSPS) is 16.0. The largest absolute Gasteiger partial charge is 0.354 e. The van der Waals surface area contributed by atoms with Crippen LogP contribution >= 0.6 is 0 Å². The Morgan fingerprint density at radius 3 is 2.69 bits per heavy atom. The van der Waals surface area contributed by atoms with Crippen molar-refractivity contribution in [3.05, 3.63) is 67.5 Å². The summed E-state index contributed by atoms with van der Waals surface area (Å²) < 4.78 is 1.51. The highest BCUT2D eigenvalue weighted by Gasteiger charge is 2.27. The van der Waals surface area contributed by atoms with Gasteiger partial charge in [-0.25, -0.2) is 19.6 Å². The van der Waals surface area contributed by atoms with Gasteiger partial charge in [-0.3, -0.25) is 4.79 Å². The Hall–Kier alpha value is -4.21. The molecule has 0 spiro atoms. The molecule has 10 nitrogen and oxygen atoms in total. The van der Waals surface area contributed by atoms with E-state index in [9.17, 15) is 4.79 Å². The Morgan fingerprint density at radius 1 is 1.00 bits per heavy atom. The van der Waals surface area contributed by atoms with Gasteiger partial charge in [0.05, 0.1) is 11.6 Å². The first kappa shape index (κ1) is 19.7. The average molecular weight is 427 g/mol. The summed E-state index contributed by atoms with van der Waals surface area (Å²) in [5, 5.41) is 15.7. The molecule has 4 aromatic rings. The summed E-state index contributed by atoms with van der Waals surface area (Å²) in [6.07, 6.45) is 6.06. The first-order chi connectivity index (χ1) is 15.8. The summed E-state index contributed by atoms with van der Waals surface area (Å²) in [5.74, 6) is 1.49. The smallest absolute Gasteiger partial charge is 0.230 e. The molecule has 0 bridgehead atoms. The number of hydrogen-bond donors (Lipinski definition) is 1. The van der Waals surface area contributed by atoms with Gasteiger partial charge in [-0.05, 0) is 25.0 Å². The highest BCUT2D eigenvalue weighted by Crippen LogP contribution is 2.24. The number of carbonyl (C=O) groups excluding carboxylic acids is 1. The zero-order valence-electron chi connectivity index (χ0n) is 17.2. The fraction of sp³-hybridized carbons (Fsp3) is 0.227. The second-order valence-corrected chi connectivity index (χ2v) is 7.52. The van der Waals surface area contributed by atoms with Crippen molar-refractivity contribution < 1.29 is 4.79 Å². The summed E-state index contributed by atoms with van der Waals surface area (Å²) in [4.78, 5) is 27.2. The Labute approximate surface area is 184 Å². The fourth-order valence-electron chi connectivity index (χ4n) is 3.75. The molecule has 1 saturated heterocycles. The maximum Gasteiger partial charge on any atom is 0.230 e. The number of nitrogens with zero attached hydrogens (tertiary/aromatic N) is 8. The van der Waals surface area contributed by atoms with Crippen LogP contribution in [0.1, 0.15) is 12.8 Å². The van der Waals surface area contributed by atoms with Gasteiger partial charge in [0.1, 0.15) is 24.8 Å². The highest BCUT2D eigenvalue weighted by molar-refractivity contribution is 5.92. The molecule has 5 rings (SSSR count). The Kier molecular flexibility index (Phi) is 5.48. The van der Waals surface area contributed by atoms with Crippen LogP contribution in [0.3, 0.4) is 0 Å². The van der Waals surface area contributed by atoms with E-state index < -0.39 is 0 Å². The molecule has 32 heavy (non-hydrogen) atoms. The molecule has 1 atom stereocenters. The third-order valence-corrected chi connectivity index (χ3v) is 5.39. The lowest BCUT2D eigenvalue weighted by molar-refractivity contribution is -0.120. The summed E-state index contributed by atoms with van der Waals surface area (Å²) in [5.41, 5.74) is 1.85. The summed E-state index contributed by atoms with van der Waals surface area (Å²) in [6.45, 7) is 1.42. The molecule has 1 fully saturated rings. The van der Waals surface area contributed by atoms with Crippen molar-refractivity contribution >= 4 is 17.5 Å². The number of anilines is 2. The molecular weight excluding hydrogens is 406 g/mol. The van der Waals surface area contributed by atoms with E-state index in [1.165, 1.54) is 23.7 Å². The lowest BCUT2D eigenvalue weighted by Gasteiger charge is -2.32. The number of rotatable bonds is 5. The summed E-state index contributed by atoms with van der Waals surface area (Å²) >= 11 is 0. The van der Waals surface area contributed by atoms with Crippen molar-refractivity contribution in [3.63, 3.8) is 0 Å². The van der Waals surface area contributed by atoms with Crippen LogP contribution in [0.5, 0.6) is 0 Å². The van der Waals surface area contributed by atoms with Crippen LogP contribution in [0.2, 0.25) is 0 Å². The predicted molar refractivity (Wildman–Crippen MR) is 118 cm³/mol. The van der Waals surface area contributed by atoms with Crippen molar-refractivity contribution in [1.82, 2.24) is 34.9 Å². The second-order valence-electron chi connectivity index (χ2n) is 7.52. The molecular formula is C22H21N9O. The summed E-state index contributed by atoms with van der Waals surface area (Å²) in [7, 11) is 0. The molecule has 0 saturated carbocycles. The topological polar surface area (TPSA) is 115 Å². The molecule has 10 heteroatoms. The van der Waals surface area contributed by atoms with E-state index in [4.69, 9.17) is 0 Å². The van der Waals surface area contributed by atoms with Gasteiger partial charge < -0.3 is 10.2 Å². The SMILES string of the molecule is O=C(Nc1cc(-n2cncn2)ncn1)[C@H]1CCCN(c2ccc(-c3ccccc3)nn2)C1. The van der Waals surface area contributed by atoms with E-state index in [0.29, 0.717) is 18.2 Å². The number of hydrogen-bond acceptors (Lipinski definition) is 8. The number of aromatic nitrogens is 7. The van der Waals surface area contributed by atoms with Crippen LogP contribution in [-0.4, -0.2) is 53.9 Å². The third-order valence-electron chi connectivity index (χ3n) is 5.39. The first-order valence-electron chi connectivity index (χ1n) is 10.4. The Bertz CT molecular complexity index is 1180. The van der Waals surface area contributed by atoms with Crippen LogP contribution < -0.4 is 10.2 Å². The highest BCUT2D eigenvalue weighted by atomic mass is 16.2. The van der Waals surface area contributed by atoms with Crippen molar-refractivity contribution in [3.8, 4) is 17.1 Å². The molecule has 3 aromatic heterocycles. The quantitative estimate of drug-likeness (QED) is 0.516. The van der Waals surface area contributed by atoms with Gasteiger partial charge in [-0.2, -0.15) is 5.10 Å². The molecule has 1 amide bonds. The van der Waals surface area contributed by atoms with Gasteiger partial charge >= 0.3 is 0 Å². The van der Waals surface area contributed by atoms with Crippen molar-refractivity contribution in [2.24, 2.45) is 5.92 Å². The first-order valence-corrected chi connectivity index (χ1v) is 10.4. The molecule has 0 aliphatic carbocycles. The molecule has 1 aromatic carbocycles. The van der Waals surface area contributed by atoms with E-state index in [0.717, 1.165) is 36.5 Å². The maximum absolute atomic E-state index is 12.9. The van der Waals surface area contributed by atoms with E-state index in [1.54, 1.807) is 6.07 Å². The minimum atomic E-state index is -0.177. The Morgan fingerprint density at radius 2 is 1.91 bits per heavy atom. The van der Waals surface area contributed by atoms with E-state index in [2.05, 4.69) is 40.5 Å². The Balaban J connectivity index is 1.25. The van der Waals surface area contributed by atoms with Gasteiger partial charge in [-0.1, -0.05) is 30.3 Å². The van der Waals surface area contributed by atoms with Crippen molar-refractivity contribution in [2.45, 2.75) is 12.8 Å². The van der Waals surface area contributed by atoms with Crippen LogP contribution in [0.15, 0.2) is 67.5 Å². The molecule has 1 N–H and O–H groups in total. The minimum Gasteiger partial charge on any atom is -0.354 e. The van der Waals surface area contributed by atoms with E-state index >= 15 is 0 Å². The second kappa shape index (κ2) is 8.88. The predicted octanol–water partition coefficient (Wildman–Crippen LogP) is 2.37. The molecule has 0 unspecified atom stereocenters. The van der Waals surface area contributed by atoms with Crippen LogP contribution in [0.4, 0.5) is 11.6 Å². The number of nitrogens with one attached hydrogen (secondary N) is 1. The average Bonchev–Trinajstić information content (AvgIpc) is 3.40. The number of benzene rings is 1. The zero-order valence-corrected chi connectivity index (χ0v) is 17.2. The third kappa shape index (κ3) is 4.29. The molecule has 160 valence electrons. The summed E-state index contributed by atoms with van der Waals surface area (Å²) in [6, 6.07) is 15.5. The van der Waals surface area contributed by atoms with E-state index in [-0.39, 0.29) is 11.8 Å². The van der Waals surface area contributed by atoms with Crippen molar-refractivity contribution in [1.29, 1.82) is 0 Å². The van der Waals surface area contributed by atoms with Gasteiger partial charge in [0.25, 0.3) is 0 Å². The number of piperidine rings is 1. The molecule has 0 radical (unpaired) electrons.